The molecule has 8 nitrogen and oxygen atoms in total. The summed E-state index contributed by atoms with van der Waals surface area (Å²) in [5.74, 6) is -0.522. The van der Waals surface area contributed by atoms with E-state index < -0.39 is 18.0 Å². The first-order valence-corrected chi connectivity index (χ1v) is 8.29. The summed E-state index contributed by atoms with van der Waals surface area (Å²) < 4.78 is 6.95. The van der Waals surface area contributed by atoms with Crippen LogP contribution in [0.4, 0.5) is 4.79 Å². The smallest absolute Gasteiger partial charge is 0.337 e. The maximum atomic E-state index is 12.5. The van der Waals surface area contributed by atoms with Gasteiger partial charge in [-0.25, -0.2) is 14.6 Å². The van der Waals surface area contributed by atoms with Crippen molar-refractivity contribution >= 4 is 33.6 Å². The van der Waals surface area contributed by atoms with E-state index in [4.69, 9.17) is 4.74 Å². The second-order valence-electron chi connectivity index (χ2n) is 5.25. The molecule has 2 N–H and O–H groups in total. The van der Waals surface area contributed by atoms with E-state index in [1.54, 1.807) is 25.3 Å². The Morgan fingerprint density at radius 2 is 2.25 bits per heavy atom. The number of carbonyl (C=O) groups is 2. The van der Waals surface area contributed by atoms with Crippen LogP contribution < -0.4 is 16.2 Å². The molecule has 3 rings (SSSR count). The highest BCUT2D eigenvalue weighted by Crippen LogP contribution is 2.17. The highest BCUT2D eigenvalue weighted by molar-refractivity contribution is 7.17. The number of amides is 2. The average Bonchev–Trinajstić information content (AvgIpc) is 2.99. The van der Waals surface area contributed by atoms with Crippen LogP contribution in [0, 0.1) is 0 Å². The molecule has 9 heteroatoms. The van der Waals surface area contributed by atoms with Crippen LogP contribution in [-0.2, 0) is 16.1 Å². The van der Waals surface area contributed by atoms with Gasteiger partial charge in [0, 0.05) is 0 Å². The summed E-state index contributed by atoms with van der Waals surface area (Å²) >= 11 is 1.30. The zero-order chi connectivity index (χ0) is 17.3. The van der Waals surface area contributed by atoms with Crippen LogP contribution in [0.3, 0.4) is 0 Å². The van der Waals surface area contributed by atoms with E-state index in [2.05, 4.69) is 15.6 Å². The fraction of sp³-hybridized carbons (Fsp3) is 0.333. The van der Waals surface area contributed by atoms with E-state index in [-0.39, 0.29) is 18.7 Å². The molecule has 2 aromatic heterocycles. The number of hydrogen-bond acceptors (Lipinski definition) is 6. The van der Waals surface area contributed by atoms with Gasteiger partial charge in [0.1, 0.15) is 4.70 Å². The molecule has 0 spiro atoms. The maximum Gasteiger partial charge on any atom is 0.337 e. The van der Waals surface area contributed by atoms with E-state index in [1.165, 1.54) is 22.2 Å². The minimum absolute atomic E-state index is 0.0333. The summed E-state index contributed by atoms with van der Waals surface area (Å²) in [4.78, 5) is 40.7. The first-order chi connectivity index (χ1) is 11.5. The fourth-order valence-corrected chi connectivity index (χ4v) is 3.36. The van der Waals surface area contributed by atoms with Crippen LogP contribution in [-0.4, -0.2) is 34.2 Å². The van der Waals surface area contributed by atoms with Gasteiger partial charge in [-0.1, -0.05) is 0 Å². The number of rotatable bonds is 4. The Balaban J connectivity index is 2.03. The van der Waals surface area contributed by atoms with Gasteiger partial charge in [-0.15, -0.1) is 11.3 Å². The lowest BCUT2D eigenvalue weighted by Crippen LogP contribution is -2.50. The number of nitrogens with one attached hydrogen (secondary N) is 2. The van der Waals surface area contributed by atoms with Crippen molar-refractivity contribution in [1.29, 1.82) is 0 Å². The number of ether oxygens (including phenoxy) is 1. The molecule has 126 valence electrons. The van der Waals surface area contributed by atoms with Crippen molar-refractivity contribution in [3.63, 3.8) is 0 Å². The number of fused-ring (bicyclic) bond motifs is 1. The molecule has 2 aromatic rings. The van der Waals surface area contributed by atoms with Crippen molar-refractivity contribution in [3.8, 4) is 0 Å². The molecule has 0 aromatic carbocycles. The van der Waals surface area contributed by atoms with Crippen molar-refractivity contribution in [3.05, 3.63) is 39.4 Å². The third-order valence-corrected chi connectivity index (χ3v) is 4.52. The molecule has 0 saturated heterocycles. The third-order valence-electron chi connectivity index (χ3n) is 3.63. The monoisotopic (exact) mass is 348 g/mol. The van der Waals surface area contributed by atoms with Crippen molar-refractivity contribution in [2.75, 3.05) is 6.61 Å². The first kappa shape index (κ1) is 16.2. The normalized spacial score (nSPS) is 17.6. The number of aromatic nitrogens is 2. The summed E-state index contributed by atoms with van der Waals surface area (Å²) in [7, 11) is 0. The van der Waals surface area contributed by atoms with Gasteiger partial charge in [-0.05, 0) is 25.3 Å². The van der Waals surface area contributed by atoms with Crippen LogP contribution in [0.2, 0.25) is 0 Å². The SMILES string of the molecule is CCOC(=O)C1=C(Cn2cnc3ccsc3c2=O)NC(=O)N[C@H]1C. The highest BCUT2D eigenvalue weighted by atomic mass is 32.1. The third kappa shape index (κ3) is 2.90. The Hall–Kier alpha value is -2.68. The molecule has 0 radical (unpaired) electrons. The lowest BCUT2D eigenvalue weighted by molar-refractivity contribution is -0.139. The van der Waals surface area contributed by atoms with Gasteiger partial charge in [-0.2, -0.15) is 0 Å². The van der Waals surface area contributed by atoms with Gasteiger partial charge in [-0.3, -0.25) is 9.36 Å². The Morgan fingerprint density at radius 1 is 1.46 bits per heavy atom. The molecule has 24 heavy (non-hydrogen) atoms. The molecule has 0 fully saturated rings. The topological polar surface area (TPSA) is 102 Å². The summed E-state index contributed by atoms with van der Waals surface area (Å²) in [6, 6.07) is 0.828. The number of hydrogen-bond donors (Lipinski definition) is 2. The Bertz CT molecular complexity index is 898. The molecule has 1 aliphatic rings. The quantitative estimate of drug-likeness (QED) is 0.802. The second kappa shape index (κ2) is 6.44. The number of nitrogens with zero attached hydrogens (tertiary/aromatic N) is 2. The Morgan fingerprint density at radius 3 is 3.00 bits per heavy atom. The molecule has 0 saturated carbocycles. The summed E-state index contributed by atoms with van der Waals surface area (Å²) in [6.07, 6.45) is 1.41. The van der Waals surface area contributed by atoms with E-state index in [0.717, 1.165) is 0 Å². The lowest BCUT2D eigenvalue weighted by Gasteiger charge is -2.26. The second-order valence-corrected chi connectivity index (χ2v) is 6.16. The maximum absolute atomic E-state index is 12.5. The molecule has 0 bridgehead atoms. The van der Waals surface area contributed by atoms with Crippen LogP contribution in [0.5, 0.6) is 0 Å². The molecule has 2 amide bonds. The average molecular weight is 348 g/mol. The van der Waals surface area contributed by atoms with Crippen LogP contribution >= 0.6 is 11.3 Å². The van der Waals surface area contributed by atoms with Crippen molar-refractivity contribution in [2.45, 2.75) is 26.4 Å². The number of esters is 1. The summed E-state index contributed by atoms with van der Waals surface area (Å²) in [6.45, 7) is 3.65. The van der Waals surface area contributed by atoms with Crippen LogP contribution in [0.25, 0.3) is 10.2 Å². The van der Waals surface area contributed by atoms with Gasteiger partial charge in [0.2, 0.25) is 0 Å². The summed E-state index contributed by atoms with van der Waals surface area (Å²) in [5, 5.41) is 7.01. The molecule has 1 atom stereocenters. The predicted octanol–water partition coefficient (Wildman–Crippen LogP) is 0.976. The number of urea groups is 1. The first-order valence-electron chi connectivity index (χ1n) is 7.41. The lowest BCUT2D eigenvalue weighted by atomic mass is 10.0. The van der Waals surface area contributed by atoms with Gasteiger partial charge in [0.15, 0.2) is 0 Å². The van der Waals surface area contributed by atoms with Gasteiger partial charge < -0.3 is 15.4 Å². The molecule has 0 aliphatic carbocycles. The summed E-state index contributed by atoms with van der Waals surface area (Å²) in [5.41, 5.74) is 1.05. The van der Waals surface area contributed by atoms with E-state index in [1.807, 2.05) is 0 Å². The predicted molar refractivity (Wildman–Crippen MR) is 88.7 cm³/mol. The molecule has 0 unspecified atom stereocenters. The van der Waals surface area contributed by atoms with Crippen molar-refractivity contribution in [2.24, 2.45) is 0 Å². The minimum Gasteiger partial charge on any atom is -0.463 e. The Kier molecular flexibility index (Phi) is 4.34. The van der Waals surface area contributed by atoms with E-state index in [0.29, 0.717) is 21.5 Å². The minimum atomic E-state index is -0.522. The van der Waals surface area contributed by atoms with Gasteiger partial charge in [0.25, 0.3) is 5.56 Å². The molecular formula is C15H16N4O4S. The number of carbonyl (C=O) groups excluding carboxylic acids is 2. The van der Waals surface area contributed by atoms with Gasteiger partial charge >= 0.3 is 12.0 Å². The van der Waals surface area contributed by atoms with Crippen LogP contribution in [0.15, 0.2) is 33.8 Å². The van der Waals surface area contributed by atoms with Gasteiger partial charge in [0.05, 0.1) is 42.3 Å². The largest absolute Gasteiger partial charge is 0.463 e. The van der Waals surface area contributed by atoms with Crippen LogP contribution in [0.1, 0.15) is 13.8 Å². The Labute approximate surface area is 141 Å². The standard InChI is InChI=1S/C15H16N4O4S/c1-3-23-14(21)11-8(2)17-15(22)18-10(11)6-19-7-16-9-4-5-24-12(9)13(19)20/h4-5,7-8H,3,6H2,1-2H3,(H2,17,18,22)/t8-/m0/s1. The number of allylic oxidation sites excluding steroid dienone is 1. The van der Waals surface area contributed by atoms with Crippen molar-refractivity contribution in [1.82, 2.24) is 20.2 Å². The highest BCUT2D eigenvalue weighted by Gasteiger charge is 2.30. The van der Waals surface area contributed by atoms with E-state index >= 15 is 0 Å². The molecular weight excluding hydrogens is 332 g/mol. The molecule has 3 heterocycles. The zero-order valence-electron chi connectivity index (χ0n) is 13.2. The fourth-order valence-electron chi connectivity index (χ4n) is 2.57. The number of thiophene rings is 1. The zero-order valence-corrected chi connectivity index (χ0v) is 14.0. The molecule has 1 aliphatic heterocycles. The van der Waals surface area contributed by atoms with Crippen molar-refractivity contribution < 1.29 is 14.3 Å². The van der Waals surface area contributed by atoms with E-state index in [9.17, 15) is 14.4 Å².